The van der Waals surface area contributed by atoms with Crippen molar-refractivity contribution < 1.29 is 9.15 Å². The third-order valence-electron chi connectivity index (χ3n) is 13.4. The normalized spacial score (nSPS) is 13.2. The van der Waals surface area contributed by atoms with Gasteiger partial charge in [-0.15, -0.1) is 0 Å². The van der Waals surface area contributed by atoms with E-state index in [9.17, 15) is 0 Å². The lowest BCUT2D eigenvalue weighted by molar-refractivity contribution is 0.436. The fraction of sp³-hybridized carbons (Fsp3) is 0.0169. The lowest BCUT2D eigenvalue weighted by Gasteiger charge is -2.39. The second-order valence-corrected chi connectivity index (χ2v) is 16.8. The van der Waals surface area contributed by atoms with Crippen molar-refractivity contribution in [3.63, 3.8) is 0 Å². The Morgan fingerprint density at radius 1 is 0.338 bits per heavy atom. The van der Waals surface area contributed by atoms with Gasteiger partial charge in [0.25, 0.3) is 0 Å². The van der Waals surface area contributed by atoms with Crippen molar-refractivity contribution >= 4 is 43.6 Å². The first kappa shape index (κ1) is 35.8. The Labute approximate surface area is 373 Å². The van der Waals surface area contributed by atoms with Crippen LogP contribution in [-0.2, 0) is 5.41 Å². The van der Waals surface area contributed by atoms with Crippen LogP contribution in [0.3, 0.4) is 0 Å². The van der Waals surface area contributed by atoms with E-state index in [1.807, 2.05) is 60.7 Å². The topological polar surface area (TPSA) is 73.9 Å². The molecule has 0 unspecified atom stereocenters. The second-order valence-electron chi connectivity index (χ2n) is 16.8. The van der Waals surface area contributed by atoms with Gasteiger partial charge in [0.05, 0.1) is 16.6 Å². The molecule has 0 bridgehead atoms. The Bertz CT molecular complexity index is 3890. The zero-order valence-electron chi connectivity index (χ0n) is 34.7. The second kappa shape index (κ2) is 13.6. The number of hydrogen-bond acceptors (Lipinski definition) is 6. The van der Waals surface area contributed by atoms with Crippen LogP contribution in [0, 0.1) is 0 Å². The van der Waals surface area contributed by atoms with E-state index in [0.29, 0.717) is 17.5 Å². The molecule has 1 spiro atoms. The van der Waals surface area contributed by atoms with Gasteiger partial charge in [-0.05, 0) is 70.1 Å². The first-order chi connectivity index (χ1) is 32.2. The highest BCUT2D eigenvalue weighted by molar-refractivity contribution is 6.14. The highest BCUT2D eigenvalue weighted by Gasteiger charge is 2.51. The Hall–Kier alpha value is -8.74. The molecule has 3 aromatic heterocycles. The summed E-state index contributed by atoms with van der Waals surface area (Å²) in [6.07, 6.45) is 0. The molecule has 65 heavy (non-hydrogen) atoms. The van der Waals surface area contributed by atoms with Crippen LogP contribution in [0.25, 0.3) is 100 Å². The summed E-state index contributed by atoms with van der Waals surface area (Å²) in [5.41, 5.74) is 13.8. The summed E-state index contributed by atoms with van der Waals surface area (Å²) in [6, 6.07) is 72.0. The molecule has 0 saturated heterocycles. The van der Waals surface area contributed by atoms with Gasteiger partial charge in [0, 0.05) is 54.9 Å². The molecule has 6 nitrogen and oxygen atoms in total. The van der Waals surface area contributed by atoms with Crippen molar-refractivity contribution in [2.45, 2.75) is 5.41 Å². The van der Waals surface area contributed by atoms with Crippen LogP contribution >= 0.6 is 0 Å². The van der Waals surface area contributed by atoms with Crippen molar-refractivity contribution in [1.29, 1.82) is 0 Å². The van der Waals surface area contributed by atoms with Crippen LogP contribution in [-0.4, -0.2) is 19.9 Å². The van der Waals surface area contributed by atoms with Crippen LogP contribution in [0.5, 0.6) is 11.5 Å². The third kappa shape index (κ3) is 5.16. The molecule has 0 radical (unpaired) electrons. The maximum Gasteiger partial charge on any atom is 0.164 e. The highest BCUT2D eigenvalue weighted by Crippen LogP contribution is 2.62. The Morgan fingerprint density at radius 2 is 0.923 bits per heavy atom. The third-order valence-corrected chi connectivity index (χ3v) is 13.4. The summed E-state index contributed by atoms with van der Waals surface area (Å²) in [5, 5.41) is 5.35. The molecule has 0 fully saturated rings. The standard InChI is InChI=1S/C59H34N4O2/c1-2-15-36(16-3-1)56-61-57(63-58(62-56)41-20-14-28-53-54(41)40-19-6-11-25-50(40)64-53)37-31-29-35(30-32-37)55-44-33-43-38-17-4-7-21-45(38)59(48(43)34-42(44)39-18-5-10-24-49(39)60-55)46-22-8-12-26-51(46)65-52-27-13-9-23-47(52)59/h1-34H. The fourth-order valence-corrected chi connectivity index (χ4v) is 10.6. The van der Waals surface area contributed by atoms with Gasteiger partial charge in [0.1, 0.15) is 22.7 Å². The maximum absolute atomic E-state index is 6.63. The summed E-state index contributed by atoms with van der Waals surface area (Å²) >= 11 is 0. The molecule has 2 aliphatic rings. The molecular weight excluding hydrogens is 797 g/mol. The number of para-hydroxylation sites is 4. The number of pyridine rings is 1. The largest absolute Gasteiger partial charge is 0.457 e. The van der Waals surface area contributed by atoms with Crippen molar-refractivity contribution in [2.75, 3.05) is 0 Å². The lowest BCUT2D eigenvalue weighted by atomic mass is 9.66. The van der Waals surface area contributed by atoms with E-state index in [4.69, 9.17) is 29.1 Å². The predicted molar refractivity (Wildman–Crippen MR) is 259 cm³/mol. The molecular formula is C59H34N4O2. The van der Waals surface area contributed by atoms with E-state index in [-0.39, 0.29) is 0 Å². The number of nitrogens with zero attached hydrogens (tertiary/aromatic N) is 4. The Balaban J connectivity index is 0.964. The van der Waals surface area contributed by atoms with Gasteiger partial charge in [-0.2, -0.15) is 0 Å². The molecule has 4 heterocycles. The highest BCUT2D eigenvalue weighted by atomic mass is 16.5. The first-order valence-corrected chi connectivity index (χ1v) is 21.9. The molecule has 1 aliphatic carbocycles. The number of furan rings is 1. The molecule has 302 valence electrons. The summed E-state index contributed by atoms with van der Waals surface area (Å²) in [6.45, 7) is 0. The van der Waals surface area contributed by atoms with Crippen molar-refractivity contribution in [3.8, 4) is 68.0 Å². The van der Waals surface area contributed by atoms with Gasteiger partial charge in [-0.1, -0.05) is 164 Å². The molecule has 6 heteroatoms. The zero-order chi connectivity index (χ0) is 42.6. The van der Waals surface area contributed by atoms with Crippen LogP contribution in [0.1, 0.15) is 22.3 Å². The number of benzene rings is 9. The molecule has 0 N–H and O–H groups in total. The van der Waals surface area contributed by atoms with Gasteiger partial charge >= 0.3 is 0 Å². The van der Waals surface area contributed by atoms with E-state index >= 15 is 0 Å². The Morgan fingerprint density at radius 3 is 1.71 bits per heavy atom. The van der Waals surface area contributed by atoms with Crippen LogP contribution in [0.4, 0.5) is 0 Å². The number of hydrogen-bond donors (Lipinski definition) is 0. The predicted octanol–water partition coefficient (Wildman–Crippen LogP) is 14.6. The van der Waals surface area contributed by atoms with E-state index in [0.717, 1.165) is 94.2 Å². The van der Waals surface area contributed by atoms with Crippen LogP contribution < -0.4 is 4.74 Å². The lowest BCUT2D eigenvalue weighted by Crippen LogP contribution is -2.32. The summed E-state index contributed by atoms with van der Waals surface area (Å²) in [7, 11) is 0. The smallest absolute Gasteiger partial charge is 0.164 e. The molecule has 14 rings (SSSR count). The summed E-state index contributed by atoms with van der Waals surface area (Å²) in [5.74, 6) is 3.52. The van der Waals surface area contributed by atoms with E-state index in [1.54, 1.807) is 0 Å². The number of rotatable bonds is 4. The Kier molecular flexibility index (Phi) is 7.51. The van der Waals surface area contributed by atoms with Gasteiger partial charge in [0.15, 0.2) is 17.5 Å². The first-order valence-electron chi connectivity index (χ1n) is 21.9. The van der Waals surface area contributed by atoms with E-state index < -0.39 is 5.41 Å². The number of aromatic nitrogens is 4. The minimum Gasteiger partial charge on any atom is -0.457 e. The molecule has 0 atom stereocenters. The van der Waals surface area contributed by atoms with Crippen LogP contribution in [0.15, 0.2) is 211 Å². The van der Waals surface area contributed by atoms with Crippen LogP contribution in [0.2, 0.25) is 0 Å². The minimum absolute atomic E-state index is 0.573. The quantitative estimate of drug-likeness (QED) is 0.165. The molecule has 0 amide bonds. The van der Waals surface area contributed by atoms with Gasteiger partial charge < -0.3 is 9.15 Å². The molecule has 12 aromatic rings. The van der Waals surface area contributed by atoms with E-state index in [1.165, 1.54) is 22.3 Å². The summed E-state index contributed by atoms with van der Waals surface area (Å²) < 4.78 is 12.9. The van der Waals surface area contributed by atoms with Gasteiger partial charge in [-0.25, -0.2) is 19.9 Å². The minimum atomic E-state index is -0.573. The molecule has 1 aliphatic heterocycles. The summed E-state index contributed by atoms with van der Waals surface area (Å²) in [4.78, 5) is 20.8. The van der Waals surface area contributed by atoms with Gasteiger partial charge in [-0.3, -0.25) is 0 Å². The van der Waals surface area contributed by atoms with Crippen molar-refractivity contribution in [2.24, 2.45) is 0 Å². The van der Waals surface area contributed by atoms with Crippen molar-refractivity contribution in [1.82, 2.24) is 19.9 Å². The molecule has 9 aromatic carbocycles. The van der Waals surface area contributed by atoms with Gasteiger partial charge in [0.2, 0.25) is 0 Å². The number of ether oxygens (including phenoxy) is 1. The van der Waals surface area contributed by atoms with Crippen molar-refractivity contribution in [3.05, 3.63) is 229 Å². The monoisotopic (exact) mass is 830 g/mol. The zero-order valence-corrected chi connectivity index (χ0v) is 34.7. The fourth-order valence-electron chi connectivity index (χ4n) is 10.6. The maximum atomic E-state index is 6.63. The average Bonchev–Trinajstić information content (AvgIpc) is 3.89. The van der Waals surface area contributed by atoms with E-state index in [2.05, 4.69) is 146 Å². The SMILES string of the molecule is c1ccc(-c2nc(-c3ccc(-c4nc5ccccc5c5cc6c(cc45)-c4ccccc4C64c5ccccc5Oc5ccccc54)cc3)nc(-c3cccc4oc5ccccc5c34)n2)cc1. The molecule has 0 saturated carbocycles. The number of fused-ring (bicyclic) bond motifs is 15. The average molecular weight is 831 g/mol.